The molecule has 0 aliphatic carbocycles. The van der Waals surface area contributed by atoms with Gasteiger partial charge >= 0.3 is 0 Å². The molecule has 0 spiro atoms. The highest BCUT2D eigenvalue weighted by Crippen LogP contribution is 2.02. The zero-order valence-electron chi connectivity index (χ0n) is 11.0. The lowest BCUT2D eigenvalue weighted by atomic mass is 10.2. The third-order valence-corrected chi connectivity index (χ3v) is 4.02. The molecule has 2 N–H and O–H groups in total. The van der Waals surface area contributed by atoms with Crippen LogP contribution >= 0.6 is 0 Å². The number of nitrogens with zero attached hydrogens (tertiary/aromatic N) is 1. The number of hydrogen-bond acceptors (Lipinski definition) is 3. The van der Waals surface area contributed by atoms with Crippen molar-refractivity contribution >= 4 is 10.2 Å². The molecule has 0 amide bonds. The number of aliphatic hydroxyl groups is 1. The number of hydrogen-bond donors (Lipinski definition) is 2. The topological polar surface area (TPSA) is 69.6 Å². The normalized spacial score (nSPS) is 12.2. The number of unbranched alkanes of at least 4 members (excludes halogenated alkanes) is 2. The summed E-state index contributed by atoms with van der Waals surface area (Å²) in [6.45, 7) is 5.70. The minimum Gasteiger partial charge on any atom is -0.396 e. The van der Waals surface area contributed by atoms with Crippen LogP contribution in [0.5, 0.6) is 0 Å². The fourth-order valence-electron chi connectivity index (χ4n) is 1.56. The second-order valence-electron chi connectivity index (χ2n) is 4.08. The van der Waals surface area contributed by atoms with Crippen LogP contribution in [-0.2, 0) is 10.2 Å². The van der Waals surface area contributed by atoms with Crippen LogP contribution in [0.1, 0.15) is 46.0 Å². The van der Waals surface area contributed by atoms with Crippen molar-refractivity contribution in [3.05, 3.63) is 0 Å². The van der Waals surface area contributed by atoms with Crippen molar-refractivity contribution < 1.29 is 13.5 Å². The quantitative estimate of drug-likeness (QED) is 0.550. The first-order valence-electron chi connectivity index (χ1n) is 6.44. The minimum atomic E-state index is -3.31. The molecule has 0 aromatic carbocycles. The molecule has 0 fully saturated rings. The molecule has 0 aliphatic heterocycles. The maximum Gasteiger partial charge on any atom is 0.279 e. The lowest BCUT2D eigenvalue weighted by Crippen LogP contribution is -2.41. The van der Waals surface area contributed by atoms with Crippen LogP contribution in [-0.4, -0.2) is 44.1 Å². The van der Waals surface area contributed by atoms with Gasteiger partial charge in [-0.15, -0.1) is 0 Å². The summed E-state index contributed by atoms with van der Waals surface area (Å²) >= 11 is 0. The van der Waals surface area contributed by atoms with Crippen LogP contribution in [0.3, 0.4) is 0 Å². The number of aliphatic hydroxyl groups excluding tert-OH is 1. The summed E-state index contributed by atoms with van der Waals surface area (Å²) in [6.07, 6.45) is 4.00. The third kappa shape index (κ3) is 7.70. The van der Waals surface area contributed by atoms with Gasteiger partial charge in [-0.3, -0.25) is 0 Å². The molecule has 17 heavy (non-hydrogen) atoms. The standard InChI is InChI=1S/C11H26N2O3S/c1-3-9-13(10-4-2)17(15,16)12-8-6-5-7-11-14/h12,14H,3-11H2,1-2H3. The van der Waals surface area contributed by atoms with Gasteiger partial charge in [0.1, 0.15) is 0 Å². The summed E-state index contributed by atoms with van der Waals surface area (Å²) < 4.78 is 27.9. The Labute approximate surface area is 105 Å². The lowest BCUT2D eigenvalue weighted by Gasteiger charge is -2.21. The van der Waals surface area contributed by atoms with Crippen LogP contribution < -0.4 is 4.72 Å². The van der Waals surface area contributed by atoms with E-state index < -0.39 is 10.2 Å². The van der Waals surface area contributed by atoms with Gasteiger partial charge < -0.3 is 5.11 Å². The second kappa shape index (κ2) is 9.82. The average molecular weight is 266 g/mol. The molecule has 0 aliphatic rings. The largest absolute Gasteiger partial charge is 0.396 e. The molecular formula is C11H26N2O3S. The van der Waals surface area contributed by atoms with Crippen LogP contribution in [0.15, 0.2) is 0 Å². The Morgan fingerprint density at radius 3 is 2.12 bits per heavy atom. The molecule has 0 radical (unpaired) electrons. The number of rotatable bonds is 11. The summed E-state index contributed by atoms with van der Waals surface area (Å²) in [5, 5.41) is 8.61. The molecule has 0 saturated heterocycles. The fraction of sp³-hybridized carbons (Fsp3) is 1.00. The molecule has 5 nitrogen and oxygen atoms in total. The van der Waals surface area contributed by atoms with E-state index >= 15 is 0 Å². The van der Waals surface area contributed by atoms with Gasteiger partial charge in [0.25, 0.3) is 10.2 Å². The molecular weight excluding hydrogens is 240 g/mol. The van der Waals surface area contributed by atoms with Gasteiger partial charge in [-0.1, -0.05) is 13.8 Å². The van der Waals surface area contributed by atoms with Crippen LogP contribution in [0.4, 0.5) is 0 Å². The molecule has 0 unspecified atom stereocenters. The SMILES string of the molecule is CCCN(CCC)S(=O)(=O)NCCCCCO. The van der Waals surface area contributed by atoms with Crippen molar-refractivity contribution in [3.8, 4) is 0 Å². The highest BCUT2D eigenvalue weighted by atomic mass is 32.2. The van der Waals surface area contributed by atoms with Gasteiger partial charge in [-0.25, -0.2) is 4.72 Å². The highest BCUT2D eigenvalue weighted by molar-refractivity contribution is 7.87. The van der Waals surface area contributed by atoms with E-state index in [1.165, 1.54) is 4.31 Å². The van der Waals surface area contributed by atoms with Crippen molar-refractivity contribution in [2.45, 2.75) is 46.0 Å². The molecule has 104 valence electrons. The zero-order valence-corrected chi connectivity index (χ0v) is 11.8. The Morgan fingerprint density at radius 2 is 1.65 bits per heavy atom. The Hall–Kier alpha value is -0.170. The Kier molecular flexibility index (Phi) is 9.72. The first-order valence-corrected chi connectivity index (χ1v) is 7.88. The monoisotopic (exact) mass is 266 g/mol. The smallest absolute Gasteiger partial charge is 0.279 e. The summed E-state index contributed by atoms with van der Waals surface area (Å²) in [6, 6.07) is 0. The van der Waals surface area contributed by atoms with Gasteiger partial charge in [0.15, 0.2) is 0 Å². The summed E-state index contributed by atoms with van der Waals surface area (Å²) in [5.41, 5.74) is 0. The van der Waals surface area contributed by atoms with Crippen molar-refractivity contribution in [1.82, 2.24) is 9.03 Å². The van der Waals surface area contributed by atoms with Gasteiger partial charge in [0, 0.05) is 26.2 Å². The molecule has 0 saturated carbocycles. The summed E-state index contributed by atoms with van der Waals surface area (Å²) in [4.78, 5) is 0. The Morgan fingerprint density at radius 1 is 1.06 bits per heavy atom. The molecule has 0 aromatic heterocycles. The van der Waals surface area contributed by atoms with Gasteiger partial charge in [0.05, 0.1) is 0 Å². The Bertz CT molecular complexity index is 262. The predicted octanol–water partition coefficient (Wildman–Crippen LogP) is 1.11. The maximum atomic E-state index is 11.9. The van der Waals surface area contributed by atoms with Crippen molar-refractivity contribution in [2.24, 2.45) is 0 Å². The van der Waals surface area contributed by atoms with Gasteiger partial charge in [0.2, 0.25) is 0 Å². The predicted molar refractivity (Wildman–Crippen MR) is 70.0 cm³/mol. The van der Waals surface area contributed by atoms with Crippen LogP contribution in [0.2, 0.25) is 0 Å². The highest BCUT2D eigenvalue weighted by Gasteiger charge is 2.18. The first kappa shape index (κ1) is 16.8. The molecule has 0 atom stereocenters. The van der Waals surface area contributed by atoms with Crippen LogP contribution in [0.25, 0.3) is 0 Å². The average Bonchev–Trinajstić information content (AvgIpc) is 2.28. The van der Waals surface area contributed by atoms with E-state index in [2.05, 4.69) is 4.72 Å². The van der Waals surface area contributed by atoms with E-state index in [1.807, 2.05) is 13.8 Å². The maximum absolute atomic E-state index is 11.9. The minimum absolute atomic E-state index is 0.171. The molecule has 0 aromatic rings. The van der Waals surface area contributed by atoms with Gasteiger partial charge in [-0.05, 0) is 32.1 Å². The van der Waals surface area contributed by atoms with E-state index in [-0.39, 0.29) is 6.61 Å². The molecule has 0 heterocycles. The zero-order chi connectivity index (χ0) is 13.1. The summed E-state index contributed by atoms with van der Waals surface area (Å²) in [7, 11) is -3.31. The van der Waals surface area contributed by atoms with E-state index in [1.54, 1.807) is 0 Å². The van der Waals surface area contributed by atoms with E-state index in [4.69, 9.17) is 5.11 Å². The first-order chi connectivity index (χ1) is 8.08. The fourth-order valence-corrected chi connectivity index (χ4v) is 2.99. The Balaban J connectivity index is 4.04. The lowest BCUT2D eigenvalue weighted by molar-refractivity contribution is 0.283. The van der Waals surface area contributed by atoms with Crippen molar-refractivity contribution in [1.29, 1.82) is 0 Å². The molecule has 6 heteroatoms. The van der Waals surface area contributed by atoms with Crippen molar-refractivity contribution in [2.75, 3.05) is 26.2 Å². The molecule has 0 rings (SSSR count). The van der Waals surface area contributed by atoms with Gasteiger partial charge in [-0.2, -0.15) is 12.7 Å². The third-order valence-electron chi connectivity index (χ3n) is 2.41. The van der Waals surface area contributed by atoms with E-state index in [0.717, 1.165) is 32.1 Å². The molecule has 0 bridgehead atoms. The number of nitrogens with one attached hydrogen (secondary N) is 1. The van der Waals surface area contributed by atoms with Crippen LogP contribution in [0, 0.1) is 0 Å². The second-order valence-corrected chi connectivity index (χ2v) is 5.84. The summed E-state index contributed by atoms with van der Waals surface area (Å²) in [5.74, 6) is 0. The van der Waals surface area contributed by atoms with Crippen molar-refractivity contribution in [3.63, 3.8) is 0 Å². The van der Waals surface area contributed by atoms with E-state index in [0.29, 0.717) is 19.6 Å². The van der Waals surface area contributed by atoms with E-state index in [9.17, 15) is 8.42 Å².